The molecule has 12 aliphatic rings. The highest BCUT2D eigenvalue weighted by Gasteiger charge is 2.33. The Morgan fingerprint density at radius 3 is 0.500 bits per heavy atom. The summed E-state index contributed by atoms with van der Waals surface area (Å²) in [6, 6.07) is 0. The van der Waals surface area contributed by atoms with Crippen LogP contribution in [-0.4, -0.2) is 286 Å². The first-order valence-electron chi connectivity index (χ1n) is 41.2. The molecular weight excluding hydrogens is 1390 g/mol. The molecule has 12 aliphatic heterocycles. The smallest absolute Gasteiger partial charge is 0.224 e. The quantitative estimate of drug-likeness (QED) is 0.0884. The Kier molecular flexibility index (Phi) is 39.6. The summed E-state index contributed by atoms with van der Waals surface area (Å²) >= 11 is 0. The molecular formula is C78H132N12O18. The number of carbonyl (C=O) groups excluding carboxylic acids is 12. The zero-order valence-electron chi connectivity index (χ0n) is 66.4. The molecule has 12 amide bonds. The molecule has 6 unspecified atom stereocenters. The van der Waals surface area contributed by atoms with Gasteiger partial charge in [-0.1, -0.05) is 25.7 Å². The van der Waals surface area contributed by atoms with Crippen molar-refractivity contribution in [3.8, 4) is 0 Å². The van der Waals surface area contributed by atoms with Crippen molar-refractivity contribution in [2.75, 3.05) is 119 Å². The van der Waals surface area contributed by atoms with Gasteiger partial charge in [-0.25, -0.2) is 0 Å². The van der Waals surface area contributed by atoms with Crippen LogP contribution >= 0.6 is 0 Å². The van der Waals surface area contributed by atoms with Crippen LogP contribution in [0.2, 0.25) is 0 Å². The zero-order valence-corrected chi connectivity index (χ0v) is 66.4. The average molecular weight is 1530 g/mol. The number of piperidine rings is 4. The third-order valence-corrected chi connectivity index (χ3v) is 22.2. The van der Waals surface area contributed by atoms with Gasteiger partial charge in [0.25, 0.3) is 0 Å². The summed E-state index contributed by atoms with van der Waals surface area (Å²) in [5.74, 6) is 1.98. The molecule has 108 heavy (non-hydrogen) atoms. The number of hydrogen-bond acceptors (Lipinski definition) is 18. The predicted molar refractivity (Wildman–Crippen MR) is 399 cm³/mol. The lowest BCUT2D eigenvalue weighted by atomic mass is 10.1. The topological polar surface area (TPSA) is 299 Å². The molecule has 0 aromatic heterocycles. The number of carbonyl (C=O) groups is 12. The molecule has 30 heteroatoms. The van der Waals surface area contributed by atoms with E-state index in [-0.39, 0.29) is 108 Å². The highest BCUT2D eigenvalue weighted by Crippen LogP contribution is 2.24. The van der Waals surface area contributed by atoms with Gasteiger partial charge in [0.2, 0.25) is 70.9 Å². The van der Waals surface area contributed by atoms with Gasteiger partial charge >= 0.3 is 0 Å². The Hall–Kier alpha value is -6.60. The van der Waals surface area contributed by atoms with Crippen LogP contribution in [0.25, 0.3) is 0 Å². The Bertz CT molecular complexity index is 2880. The Morgan fingerprint density at radius 2 is 0.306 bits per heavy atom. The van der Waals surface area contributed by atoms with E-state index in [1.807, 2.05) is 41.5 Å². The lowest BCUT2D eigenvalue weighted by Crippen LogP contribution is -2.45. The van der Waals surface area contributed by atoms with E-state index >= 15 is 0 Å². The molecule has 0 aromatic rings. The summed E-state index contributed by atoms with van der Waals surface area (Å²) in [7, 11) is 0. The summed E-state index contributed by atoms with van der Waals surface area (Å²) in [6.07, 6.45) is 30.4. The molecule has 12 saturated heterocycles. The van der Waals surface area contributed by atoms with E-state index in [9.17, 15) is 57.5 Å². The minimum absolute atomic E-state index is 0.155. The summed E-state index contributed by atoms with van der Waals surface area (Å²) in [6.45, 7) is 22.5. The normalized spacial score (nSPS) is 23.4. The van der Waals surface area contributed by atoms with E-state index in [4.69, 9.17) is 28.4 Å². The van der Waals surface area contributed by atoms with E-state index in [1.54, 1.807) is 58.8 Å². The van der Waals surface area contributed by atoms with E-state index in [1.165, 1.54) is 0 Å². The summed E-state index contributed by atoms with van der Waals surface area (Å²) in [5, 5.41) is 0. The van der Waals surface area contributed by atoms with Gasteiger partial charge in [0, 0.05) is 156 Å². The monoisotopic (exact) mass is 1520 g/mol. The molecule has 0 aromatic carbocycles. The molecule has 0 bridgehead atoms. The fourth-order valence-corrected chi connectivity index (χ4v) is 15.1. The van der Waals surface area contributed by atoms with Crippen molar-refractivity contribution in [2.24, 2.45) is 0 Å². The average Bonchev–Trinajstić information content (AvgIpc) is 1.23. The van der Waals surface area contributed by atoms with Gasteiger partial charge in [0.1, 0.15) is 77.8 Å². The van der Waals surface area contributed by atoms with Gasteiger partial charge < -0.3 is 87.2 Å². The van der Waals surface area contributed by atoms with E-state index in [2.05, 4.69) is 0 Å². The Morgan fingerprint density at radius 1 is 0.176 bits per heavy atom. The highest BCUT2D eigenvalue weighted by molar-refractivity contribution is 5.82. The van der Waals surface area contributed by atoms with Crippen LogP contribution in [-0.2, 0) is 86.0 Å². The maximum atomic E-state index is 11.9. The lowest BCUT2D eigenvalue weighted by molar-refractivity contribution is -0.158. The lowest BCUT2D eigenvalue weighted by Gasteiger charge is -2.33. The van der Waals surface area contributed by atoms with Gasteiger partial charge in [-0.3, -0.25) is 57.5 Å². The van der Waals surface area contributed by atoms with Crippen molar-refractivity contribution in [2.45, 2.75) is 310 Å². The SMILES string of the molecule is CC(OCN1CCCC1=O)N1CCCCC1=O.CC(OCN1CCCC1=O)N1CCCCCC1=O.CC(OCN1CCCCC1=O)N1CCCC1=O.CC(OCN1CCCCC1=O)N1CCCCCC1=O.CC(OCN1CCCCCC1=O)N1CCCC1=O.CC(OCN1CCCCCC1=O)N1CCCCC1=O. The molecule has 30 nitrogen and oxygen atoms in total. The third-order valence-electron chi connectivity index (χ3n) is 22.2. The van der Waals surface area contributed by atoms with E-state index in [0.717, 1.165) is 233 Å². The molecule has 0 radical (unpaired) electrons. The molecule has 612 valence electrons. The first-order chi connectivity index (χ1) is 52.1. The standard InChI is InChI=1S/2C14H24N2O3.2C13H22N2O3.2C12H20N2O3/c1-12(16-10-5-2-3-8-14(16)18)19-11-15-9-6-4-7-13(15)17;1-12(16-10-6-4-8-14(16)18)19-11-15-9-5-2-3-7-13(15)17;1-11(15-9-4-2-3-6-13(15)17)18-10-14-8-5-7-12(14)16;1-11(15-9-5-7-13(15)17)18-10-14-8-4-2-3-6-12(14)16;1-10(14-8-3-2-5-12(14)16)17-9-13-7-4-6-11(13)15;1-10(14-8-4-6-12(14)16)17-9-13-7-3-2-5-11(13)15/h2*12H,2-11H2,1H3;2*11H,2-10H2,1H3;2*10H,2-9H2,1H3. The van der Waals surface area contributed by atoms with Crippen LogP contribution in [0.5, 0.6) is 0 Å². The second-order valence-corrected chi connectivity index (χ2v) is 30.3. The first kappa shape index (κ1) is 88.6. The van der Waals surface area contributed by atoms with Gasteiger partial charge in [-0.15, -0.1) is 0 Å². The van der Waals surface area contributed by atoms with Gasteiger partial charge in [0.15, 0.2) is 0 Å². The fourth-order valence-electron chi connectivity index (χ4n) is 15.1. The van der Waals surface area contributed by atoms with Crippen LogP contribution in [0.3, 0.4) is 0 Å². The molecule has 12 fully saturated rings. The largest absolute Gasteiger partial charge is 0.338 e. The molecule has 0 N–H and O–H groups in total. The van der Waals surface area contributed by atoms with Crippen LogP contribution in [0.1, 0.15) is 273 Å². The van der Waals surface area contributed by atoms with Crippen LogP contribution in [0.4, 0.5) is 0 Å². The highest BCUT2D eigenvalue weighted by atomic mass is 16.5. The van der Waals surface area contributed by atoms with Crippen molar-refractivity contribution in [3.63, 3.8) is 0 Å². The minimum atomic E-state index is -0.236. The van der Waals surface area contributed by atoms with E-state index < -0.39 is 0 Å². The first-order valence-corrected chi connectivity index (χ1v) is 41.2. The molecule has 0 saturated carbocycles. The Balaban J connectivity index is 0.000000181. The second-order valence-electron chi connectivity index (χ2n) is 30.3. The van der Waals surface area contributed by atoms with Crippen LogP contribution in [0.15, 0.2) is 0 Å². The van der Waals surface area contributed by atoms with Crippen molar-refractivity contribution < 1.29 is 86.0 Å². The predicted octanol–water partition coefficient (Wildman–Crippen LogP) is 7.99. The fraction of sp³-hybridized carbons (Fsp3) is 0.846. The third kappa shape index (κ3) is 29.9. The van der Waals surface area contributed by atoms with Gasteiger partial charge in [-0.05, 0) is 170 Å². The number of hydrogen-bond donors (Lipinski definition) is 0. The molecule has 6 atom stereocenters. The summed E-state index contributed by atoms with van der Waals surface area (Å²) in [5.41, 5.74) is 0. The van der Waals surface area contributed by atoms with Crippen molar-refractivity contribution >= 4 is 70.9 Å². The van der Waals surface area contributed by atoms with Crippen molar-refractivity contribution in [3.05, 3.63) is 0 Å². The van der Waals surface area contributed by atoms with Gasteiger partial charge in [-0.2, -0.15) is 0 Å². The second kappa shape index (κ2) is 48.2. The summed E-state index contributed by atoms with van der Waals surface area (Å²) < 4.78 is 34.0. The number of amides is 12. The number of rotatable bonds is 24. The van der Waals surface area contributed by atoms with Gasteiger partial charge in [0.05, 0.1) is 0 Å². The summed E-state index contributed by atoms with van der Waals surface area (Å²) in [4.78, 5) is 161. The molecule has 12 rings (SSSR count). The van der Waals surface area contributed by atoms with E-state index in [0.29, 0.717) is 117 Å². The number of ether oxygens (including phenoxy) is 6. The number of nitrogens with zero attached hydrogens (tertiary/aromatic N) is 12. The maximum Gasteiger partial charge on any atom is 0.224 e. The van der Waals surface area contributed by atoms with Crippen LogP contribution < -0.4 is 0 Å². The van der Waals surface area contributed by atoms with Crippen molar-refractivity contribution in [1.82, 2.24) is 58.8 Å². The molecule has 12 heterocycles. The zero-order chi connectivity index (χ0) is 77.7. The Labute approximate surface area is 642 Å². The van der Waals surface area contributed by atoms with Crippen molar-refractivity contribution in [1.29, 1.82) is 0 Å². The number of likely N-dealkylation sites (tertiary alicyclic amines) is 12. The molecule has 0 spiro atoms. The van der Waals surface area contributed by atoms with Crippen LogP contribution in [0, 0.1) is 0 Å². The minimum Gasteiger partial charge on any atom is -0.338 e. The molecule has 0 aliphatic carbocycles. The maximum absolute atomic E-state index is 11.9.